The molecule has 0 amide bonds. The van der Waals surface area contributed by atoms with Crippen LogP contribution in [0.15, 0.2) is 42.5 Å². The van der Waals surface area contributed by atoms with Crippen molar-refractivity contribution in [1.82, 2.24) is 0 Å². The summed E-state index contributed by atoms with van der Waals surface area (Å²) in [5.41, 5.74) is 3.47. The highest BCUT2D eigenvalue weighted by Crippen LogP contribution is 2.27. The van der Waals surface area contributed by atoms with Gasteiger partial charge in [0.2, 0.25) is 0 Å². The fourth-order valence-corrected chi connectivity index (χ4v) is 2.41. The predicted molar refractivity (Wildman–Crippen MR) is 85.8 cm³/mol. The Kier molecular flexibility index (Phi) is 4.91. The molecule has 0 aromatic heterocycles. The molecule has 0 fully saturated rings. The highest BCUT2D eigenvalue weighted by atomic mass is 35.5. The number of halogens is 1. The Morgan fingerprint density at radius 2 is 1.85 bits per heavy atom. The number of hydrogen-bond acceptors (Lipinski definition) is 2. The second kappa shape index (κ2) is 6.67. The Labute approximate surface area is 125 Å². The van der Waals surface area contributed by atoms with Gasteiger partial charge in [-0.1, -0.05) is 30.7 Å². The molecule has 0 radical (unpaired) electrons. The van der Waals surface area contributed by atoms with E-state index in [1.807, 2.05) is 31.2 Å². The third kappa shape index (κ3) is 3.45. The smallest absolute Gasteiger partial charge is 0.121 e. The molecular weight excluding hydrogens is 270 g/mol. The van der Waals surface area contributed by atoms with Gasteiger partial charge in [-0.25, -0.2) is 0 Å². The molecule has 2 rings (SSSR count). The second-order valence-electron chi connectivity index (χ2n) is 4.84. The van der Waals surface area contributed by atoms with Gasteiger partial charge in [0.05, 0.1) is 13.2 Å². The highest BCUT2D eigenvalue weighted by molar-refractivity contribution is 6.30. The maximum Gasteiger partial charge on any atom is 0.121 e. The van der Waals surface area contributed by atoms with Crippen molar-refractivity contribution in [3.63, 3.8) is 0 Å². The number of rotatable bonds is 5. The Morgan fingerprint density at radius 1 is 1.15 bits per heavy atom. The van der Waals surface area contributed by atoms with Crippen LogP contribution < -0.4 is 10.1 Å². The fraction of sp³-hybridized carbons (Fsp3) is 0.294. The van der Waals surface area contributed by atoms with E-state index in [0.717, 1.165) is 28.4 Å². The molecule has 2 aromatic rings. The number of nitrogens with one attached hydrogen (secondary N) is 1. The van der Waals surface area contributed by atoms with E-state index in [1.54, 1.807) is 7.11 Å². The lowest BCUT2D eigenvalue weighted by Gasteiger charge is -2.19. The van der Waals surface area contributed by atoms with Crippen LogP contribution in [0.1, 0.15) is 30.5 Å². The second-order valence-corrected chi connectivity index (χ2v) is 5.28. The van der Waals surface area contributed by atoms with E-state index in [1.165, 1.54) is 5.56 Å². The molecule has 20 heavy (non-hydrogen) atoms. The molecule has 2 nitrogen and oxygen atoms in total. The molecule has 0 aliphatic rings. The van der Waals surface area contributed by atoms with Crippen LogP contribution in [0.4, 0.5) is 5.69 Å². The summed E-state index contributed by atoms with van der Waals surface area (Å²) in [4.78, 5) is 0. The lowest BCUT2D eigenvalue weighted by Crippen LogP contribution is -2.09. The minimum absolute atomic E-state index is 0.278. The molecule has 1 unspecified atom stereocenters. The zero-order chi connectivity index (χ0) is 14.5. The largest absolute Gasteiger partial charge is 0.496 e. The normalized spacial score (nSPS) is 12.0. The van der Waals surface area contributed by atoms with Crippen LogP contribution in [0.3, 0.4) is 0 Å². The molecule has 1 N–H and O–H groups in total. The van der Waals surface area contributed by atoms with Crippen LogP contribution in [0, 0.1) is 6.92 Å². The molecule has 2 aromatic carbocycles. The van der Waals surface area contributed by atoms with Gasteiger partial charge in [0, 0.05) is 10.7 Å². The summed E-state index contributed by atoms with van der Waals surface area (Å²) in [6.07, 6.45) is 1.01. The predicted octanol–water partition coefficient (Wildman–Crippen LogP) is 5.22. The monoisotopic (exact) mass is 289 g/mol. The number of anilines is 1. The number of aryl methyl sites for hydroxylation is 1. The molecule has 106 valence electrons. The fourth-order valence-electron chi connectivity index (χ4n) is 2.29. The average molecular weight is 290 g/mol. The Balaban J connectivity index is 2.17. The number of hydrogen-bond donors (Lipinski definition) is 1. The Bertz CT molecular complexity index is 566. The molecule has 0 spiro atoms. The van der Waals surface area contributed by atoms with E-state index in [2.05, 4.69) is 30.4 Å². The summed E-state index contributed by atoms with van der Waals surface area (Å²) in [6, 6.07) is 14.4. The quantitative estimate of drug-likeness (QED) is 0.815. The van der Waals surface area contributed by atoms with Crippen LogP contribution in [0.5, 0.6) is 5.75 Å². The summed E-state index contributed by atoms with van der Waals surface area (Å²) in [5, 5.41) is 4.33. The van der Waals surface area contributed by atoms with Gasteiger partial charge < -0.3 is 10.1 Å². The summed E-state index contributed by atoms with van der Waals surface area (Å²) in [5.74, 6) is 0.912. The Morgan fingerprint density at radius 3 is 2.40 bits per heavy atom. The van der Waals surface area contributed by atoms with Gasteiger partial charge in [-0.15, -0.1) is 0 Å². The van der Waals surface area contributed by atoms with Crippen molar-refractivity contribution in [2.45, 2.75) is 26.3 Å². The van der Waals surface area contributed by atoms with Gasteiger partial charge in [-0.2, -0.15) is 0 Å². The van der Waals surface area contributed by atoms with Crippen molar-refractivity contribution >= 4 is 17.3 Å². The van der Waals surface area contributed by atoms with Gasteiger partial charge >= 0.3 is 0 Å². The van der Waals surface area contributed by atoms with Crippen LogP contribution >= 0.6 is 11.6 Å². The van der Waals surface area contributed by atoms with Gasteiger partial charge in [-0.3, -0.25) is 0 Å². The van der Waals surface area contributed by atoms with E-state index in [-0.39, 0.29) is 6.04 Å². The number of ether oxygens (including phenoxy) is 1. The minimum atomic E-state index is 0.278. The first-order valence-corrected chi connectivity index (χ1v) is 7.18. The molecular formula is C17H20ClNO. The standard InChI is InChI=1S/C17H20ClNO/c1-4-16(13-5-7-14(18)8-6-13)19-15-9-10-17(20-3)12(2)11-15/h5-11,16,19H,4H2,1-3H3. The molecule has 0 bridgehead atoms. The topological polar surface area (TPSA) is 21.3 Å². The van der Waals surface area contributed by atoms with Crippen LogP contribution in [0.2, 0.25) is 5.02 Å². The number of benzene rings is 2. The van der Waals surface area contributed by atoms with E-state index < -0.39 is 0 Å². The molecule has 1 atom stereocenters. The first kappa shape index (κ1) is 14.7. The highest BCUT2D eigenvalue weighted by Gasteiger charge is 2.09. The third-order valence-corrected chi connectivity index (χ3v) is 3.67. The molecule has 0 aliphatic carbocycles. The summed E-state index contributed by atoms with van der Waals surface area (Å²) in [6.45, 7) is 4.22. The van der Waals surface area contributed by atoms with Crippen molar-refractivity contribution in [3.05, 3.63) is 58.6 Å². The zero-order valence-electron chi connectivity index (χ0n) is 12.1. The van der Waals surface area contributed by atoms with Crippen molar-refractivity contribution in [2.75, 3.05) is 12.4 Å². The average Bonchev–Trinajstić information content (AvgIpc) is 2.46. The van der Waals surface area contributed by atoms with Crippen LogP contribution in [0.25, 0.3) is 0 Å². The van der Waals surface area contributed by atoms with Crippen molar-refractivity contribution < 1.29 is 4.74 Å². The maximum absolute atomic E-state index is 5.94. The molecule has 0 saturated carbocycles. The van der Waals surface area contributed by atoms with Crippen molar-refractivity contribution in [3.8, 4) is 5.75 Å². The lowest BCUT2D eigenvalue weighted by atomic mass is 10.0. The summed E-state index contributed by atoms with van der Waals surface area (Å²) >= 11 is 5.94. The first-order valence-electron chi connectivity index (χ1n) is 6.80. The molecule has 0 heterocycles. The first-order chi connectivity index (χ1) is 9.63. The SMILES string of the molecule is CCC(Nc1ccc(OC)c(C)c1)c1ccc(Cl)cc1. The number of methoxy groups -OCH3 is 1. The lowest BCUT2D eigenvalue weighted by molar-refractivity contribution is 0.412. The Hall–Kier alpha value is -1.67. The van der Waals surface area contributed by atoms with Crippen LogP contribution in [-0.4, -0.2) is 7.11 Å². The van der Waals surface area contributed by atoms with Crippen molar-refractivity contribution in [2.24, 2.45) is 0 Å². The van der Waals surface area contributed by atoms with Gasteiger partial charge in [0.25, 0.3) is 0 Å². The molecule has 0 saturated heterocycles. The van der Waals surface area contributed by atoms with Gasteiger partial charge in [0.1, 0.15) is 5.75 Å². The van der Waals surface area contributed by atoms with E-state index in [4.69, 9.17) is 16.3 Å². The van der Waals surface area contributed by atoms with E-state index in [0.29, 0.717) is 0 Å². The summed E-state index contributed by atoms with van der Waals surface area (Å²) in [7, 11) is 1.69. The van der Waals surface area contributed by atoms with E-state index >= 15 is 0 Å². The molecule has 0 aliphatic heterocycles. The van der Waals surface area contributed by atoms with Gasteiger partial charge in [0.15, 0.2) is 0 Å². The zero-order valence-corrected chi connectivity index (χ0v) is 12.9. The maximum atomic E-state index is 5.94. The van der Waals surface area contributed by atoms with Gasteiger partial charge in [-0.05, 0) is 54.8 Å². The van der Waals surface area contributed by atoms with E-state index in [9.17, 15) is 0 Å². The molecule has 3 heteroatoms. The minimum Gasteiger partial charge on any atom is -0.496 e. The third-order valence-electron chi connectivity index (χ3n) is 3.42. The van der Waals surface area contributed by atoms with Crippen LogP contribution in [-0.2, 0) is 0 Å². The van der Waals surface area contributed by atoms with Crippen molar-refractivity contribution in [1.29, 1.82) is 0 Å². The summed E-state index contributed by atoms with van der Waals surface area (Å²) < 4.78 is 5.29.